The van der Waals surface area contributed by atoms with Crippen molar-refractivity contribution in [1.82, 2.24) is 25.2 Å². The Hall–Kier alpha value is -2.00. The predicted octanol–water partition coefficient (Wildman–Crippen LogP) is -2.25. The summed E-state index contributed by atoms with van der Waals surface area (Å²) in [5.74, 6) is -0.913. The zero-order chi connectivity index (χ0) is 14.1. The second kappa shape index (κ2) is 5.17. The number of nitrogens with zero attached hydrogens (tertiary/aromatic N) is 4. The van der Waals surface area contributed by atoms with E-state index in [-0.39, 0.29) is 24.2 Å². The fourth-order valence-corrected chi connectivity index (χ4v) is 2.24. The molecule has 0 spiro atoms. The van der Waals surface area contributed by atoms with Gasteiger partial charge in [0.15, 0.2) is 5.69 Å². The van der Waals surface area contributed by atoms with E-state index in [1.165, 1.54) is 4.90 Å². The Kier molecular flexibility index (Phi) is 3.36. The molecule has 3 rings (SSSR count). The summed E-state index contributed by atoms with van der Waals surface area (Å²) in [6.45, 7) is 2.47. The van der Waals surface area contributed by atoms with Crippen molar-refractivity contribution >= 4 is 11.8 Å². The highest BCUT2D eigenvalue weighted by atomic mass is 16.5. The number of amides is 2. The van der Waals surface area contributed by atoms with Crippen molar-refractivity contribution in [1.29, 1.82) is 0 Å². The number of hydrogen-bond acceptors (Lipinski definition) is 6. The summed E-state index contributed by atoms with van der Waals surface area (Å²) in [5.41, 5.74) is 5.52. The van der Waals surface area contributed by atoms with Gasteiger partial charge in [-0.3, -0.25) is 9.59 Å². The van der Waals surface area contributed by atoms with Crippen LogP contribution in [0.15, 0.2) is 6.20 Å². The number of primary amides is 1. The number of nitrogens with two attached hydrogens (primary N) is 1. The van der Waals surface area contributed by atoms with E-state index < -0.39 is 11.9 Å². The number of carbonyl (C=O) groups excluding carboxylic acids is 2. The number of ether oxygens (including phenoxy) is 1. The van der Waals surface area contributed by atoms with Gasteiger partial charge >= 0.3 is 0 Å². The third-order valence-electron chi connectivity index (χ3n) is 3.58. The van der Waals surface area contributed by atoms with Gasteiger partial charge in [-0.25, -0.2) is 4.68 Å². The normalized spacial score (nSPS) is 23.4. The minimum atomic E-state index is -0.744. The molecule has 2 saturated heterocycles. The monoisotopic (exact) mass is 280 g/mol. The zero-order valence-electron chi connectivity index (χ0n) is 10.9. The molecule has 2 fully saturated rings. The van der Waals surface area contributed by atoms with E-state index in [4.69, 9.17) is 10.5 Å². The van der Waals surface area contributed by atoms with Gasteiger partial charge in [-0.2, -0.15) is 0 Å². The average Bonchev–Trinajstić information content (AvgIpc) is 2.85. The van der Waals surface area contributed by atoms with E-state index in [0.29, 0.717) is 13.2 Å². The lowest BCUT2D eigenvalue weighted by Crippen LogP contribution is -2.54. The summed E-state index contributed by atoms with van der Waals surface area (Å²) < 4.78 is 6.86. The molecule has 2 aliphatic heterocycles. The van der Waals surface area contributed by atoms with Crippen molar-refractivity contribution in [2.24, 2.45) is 5.73 Å². The van der Waals surface area contributed by atoms with Gasteiger partial charge in [0.1, 0.15) is 6.04 Å². The summed E-state index contributed by atoms with van der Waals surface area (Å²) in [6.07, 6.45) is 1.61. The van der Waals surface area contributed by atoms with Crippen LogP contribution in [0, 0.1) is 0 Å². The van der Waals surface area contributed by atoms with Crippen molar-refractivity contribution in [2.45, 2.75) is 12.1 Å². The Balaban J connectivity index is 1.76. The van der Waals surface area contributed by atoms with Gasteiger partial charge in [0.05, 0.1) is 25.5 Å². The van der Waals surface area contributed by atoms with Crippen molar-refractivity contribution in [2.75, 3.05) is 32.8 Å². The van der Waals surface area contributed by atoms with Crippen LogP contribution in [0.25, 0.3) is 0 Å². The average molecular weight is 280 g/mol. The van der Waals surface area contributed by atoms with E-state index in [2.05, 4.69) is 15.6 Å². The molecule has 20 heavy (non-hydrogen) atoms. The van der Waals surface area contributed by atoms with E-state index >= 15 is 0 Å². The molecule has 1 aromatic heterocycles. The molecule has 1 atom stereocenters. The van der Waals surface area contributed by atoms with Gasteiger partial charge in [0.2, 0.25) is 5.91 Å². The molecule has 108 valence electrons. The Labute approximate surface area is 115 Å². The standard InChI is InChI=1S/C11H16N6O3/c12-10(18)9-6-20-2-1-16(9)11(19)8-5-17(15-14-8)7-3-13-4-7/h5,7,9,13H,1-4,6H2,(H2,12,18). The first-order valence-electron chi connectivity index (χ1n) is 6.47. The Morgan fingerprint density at radius 3 is 2.90 bits per heavy atom. The lowest BCUT2D eigenvalue weighted by atomic mass is 10.2. The van der Waals surface area contributed by atoms with Gasteiger partial charge in [0, 0.05) is 19.6 Å². The summed E-state index contributed by atoms with van der Waals surface area (Å²) >= 11 is 0. The van der Waals surface area contributed by atoms with Crippen molar-refractivity contribution < 1.29 is 14.3 Å². The number of morpholine rings is 1. The van der Waals surface area contributed by atoms with Gasteiger partial charge in [-0.05, 0) is 0 Å². The first kappa shape index (κ1) is 13.0. The van der Waals surface area contributed by atoms with Crippen LogP contribution < -0.4 is 11.1 Å². The van der Waals surface area contributed by atoms with Crippen LogP contribution in [0.3, 0.4) is 0 Å². The maximum Gasteiger partial charge on any atom is 0.276 e. The number of aromatic nitrogens is 3. The first-order valence-corrected chi connectivity index (χ1v) is 6.47. The highest BCUT2D eigenvalue weighted by Crippen LogP contribution is 2.14. The van der Waals surface area contributed by atoms with Gasteiger partial charge in [-0.15, -0.1) is 5.10 Å². The minimum absolute atomic E-state index is 0.127. The highest BCUT2D eigenvalue weighted by Gasteiger charge is 2.33. The van der Waals surface area contributed by atoms with E-state index in [0.717, 1.165) is 13.1 Å². The zero-order valence-corrected chi connectivity index (χ0v) is 10.9. The Bertz CT molecular complexity index is 526. The molecule has 0 radical (unpaired) electrons. The number of carbonyl (C=O) groups is 2. The molecule has 0 aliphatic carbocycles. The van der Waals surface area contributed by atoms with E-state index in [1.807, 2.05) is 0 Å². The van der Waals surface area contributed by atoms with Crippen LogP contribution >= 0.6 is 0 Å². The van der Waals surface area contributed by atoms with Crippen molar-refractivity contribution in [3.05, 3.63) is 11.9 Å². The van der Waals surface area contributed by atoms with Gasteiger partial charge in [-0.1, -0.05) is 5.21 Å². The van der Waals surface area contributed by atoms with Gasteiger partial charge in [0.25, 0.3) is 5.91 Å². The maximum atomic E-state index is 12.4. The molecule has 0 saturated carbocycles. The maximum absolute atomic E-state index is 12.4. The van der Waals surface area contributed by atoms with Crippen LogP contribution in [0.1, 0.15) is 16.5 Å². The second-order valence-corrected chi connectivity index (χ2v) is 4.89. The van der Waals surface area contributed by atoms with Gasteiger partial charge < -0.3 is 20.7 Å². The molecule has 3 N–H and O–H groups in total. The second-order valence-electron chi connectivity index (χ2n) is 4.89. The highest BCUT2D eigenvalue weighted by molar-refractivity contribution is 5.95. The molecule has 0 aromatic carbocycles. The third kappa shape index (κ3) is 2.25. The van der Waals surface area contributed by atoms with Crippen molar-refractivity contribution in [3.63, 3.8) is 0 Å². The lowest BCUT2D eigenvalue weighted by molar-refractivity contribution is -0.127. The minimum Gasteiger partial charge on any atom is -0.377 e. The van der Waals surface area contributed by atoms with Crippen LogP contribution in [0.4, 0.5) is 0 Å². The quantitative estimate of drug-likeness (QED) is 0.646. The lowest BCUT2D eigenvalue weighted by Gasteiger charge is -2.32. The summed E-state index contributed by atoms with van der Waals surface area (Å²) in [5, 5.41) is 11.0. The molecular weight excluding hydrogens is 264 g/mol. The molecule has 3 heterocycles. The molecule has 2 amide bonds. The number of nitrogens with one attached hydrogen (secondary N) is 1. The predicted molar refractivity (Wildman–Crippen MR) is 66.8 cm³/mol. The van der Waals surface area contributed by atoms with Crippen LogP contribution in [0.2, 0.25) is 0 Å². The number of hydrogen-bond donors (Lipinski definition) is 2. The summed E-state index contributed by atoms with van der Waals surface area (Å²) in [7, 11) is 0. The molecule has 1 unspecified atom stereocenters. The summed E-state index contributed by atoms with van der Waals surface area (Å²) in [6, 6.07) is -0.507. The number of rotatable bonds is 3. The molecule has 9 nitrogen and oxygen atoms in total. The SMILES string of the molecule is NC(=O)C1COCCN1C(=O)c1cn(C2CNC2)nn1. The molecule has 2 aliphatic rings. The molecular formula is C11H16N6O3. The molecule has 9 heteroatoms. The molecule has 1 aromatic rings. The smallest absolute Gasteiger partial charge is 0.276 e. The Morgan fingerprint density at radius 2 is 2.25 bits per heavy atom. The van der Waals surface area contributed by atoms with Crippen LogP contribution in [0.5, 0.6) is 0 Å². The Morgan fingerprint density at radius 1 is 1.45 bits per heavy atom. The molecule has 0 bridgehead atoms. The van der Waals surface area contributed by atoms with E-state index in [9.17, 15) is 9.59 Å². The largest absolute Gasteiger partial charge is 0.377 e. The van der Waals surface area contributed by atoms with Crippen molar-refractivity contribution in [3.8, 4) is 0 Å². The topological polar surface area (TPSA) is 115 Å². The first-order chi connectivity index (χ1) is 9.66. The van der Waals surface area contributed by atoms with Crippen LogP contribution in [-0.4, -0.2) is 70.6 Å². The van der Waals surface area contributed by atoms with Crippen LogP contribution in [-0.2, 0) is 9.53 Å². The summed E-state index contributed by atoms with van der Waals surface area (Å²) in [4.78, 5) is 25.2. The van der Waals surface area contributed by atoms with E-state index in [1.54, 1.807) is 10.9 Å². The third-order valence-corrected chi connectivity index (χ3v) is 3.58. The fourth-order valence-electron chi connectivity index (χ4n) is 2.24. The fraction of sp³-hybridized carbons (Fsp3) is 0.636.